The lowest BCUT2D eigenvalue weighted by Crippen LogP contribution is -2.13. The second kappa shape index (κ2) is 11.5. The second-order valence-electron chi connectivity index (χ2n) is 6.40. The van der Waals surface area contributed by atoms with Gasteiger partial charge in [-0.2, -0.15) is 5.26 Å². The monoisotopic (exact) mass is 450 g/mol. The molecule has 8 nitrogen and oxygen atoms in total. The van der Waals surface area contributed by atoms with Crippen molar-refractivity contribution in [1.82, 2.24) is 10.2 Å². The third-order valence-electron chi connectivity index (χ3n) is 4.22. The highest BCUT2D eigenvalue weighted by Crippen LogP contribution is 2.25. The van der Waals surface area contributed by atoms with E-state index in [0.29, 0.717) is 41.2 Å². The van der Waals surface area contributed by atoms with Crippen molar-refractivity contribution in [2.75, 3.05) is 25.6 Å². The van der Waals surface area contributed by atoms with E-state index < -0.39 is 5.91 Å². The molecule has 0 saturated carbocycles. The van der Waals surface area contributed by atoms with Gasteiger partial charge in [-0.15, -0.1) is 10.2 Å². The first-order valence-electron chi connectivity index (χ1n) is 9.87. The summed E-state index contributed by atoms with van der Waals surface area (Å²) in [6.45, 7) is 2.65. The number of hydrogen-bond donors (Lipinski definition) is 1. The van der Waals surface area contributed by atoms with Crippen LogP contribution in [0.1, 0.15) is 17.5 Å². The van der Waals surface area contributed by atoms with E-state index in [1.807, 2.05) is 37.3 Å². The molecule has 0 aliphatic heterocycles. The summed E-state index contributed by atoms with van der Waals surface area (Å²) in [4.78, 5) is 12.3. The molecule has 0 aliphatic carbocycles. The van der Waals surface area contributed by atoms with Crippen LogP contribution in [0.2, 0.25) is 0 Å². The molecule has 0 bridgehead atoms. The van der Waals surface area contributed by atoms with Crippen molar-refractivity contribution >= 4 is 28.5 Å². The highest BCUT2D eigenvalue weighted by atomic mass is 32.1. The molecule has 1 N–H and O–H groups in total. The fraction of sp³-hybridized carbons (Fsp3) is 0.217. The van der Waals surface area contributed by atoms with Gasteiger partial charge in [-0.05, 0) is 42.3 Å². The van der Waals surface area contributed by atoms with Gasteiger partial charge in [0.05, 0.1) is 7.11 Å². The van der Waals surface area contributed by atoms with E-state index in [0.717, 1.165) is 11.4 Å². The third kappa shape index (κ3) is 6.30. The van der Waals surface area contributed by atoms with Gasteiger partial charge in [0.15, 0.2) is 11.5 Å². The number of nitrogens with zero attached hydrogens (tertiary/aromatic N) is 3. The molecule has 32 heavy (non-hydrogen) atoms. The molecular weight excluding hydrogens is 428 g/mol. The molecule has 1 amide bonds. The zero-order valence-corrected chi connectivity index (χ0v) is 18.5. The van der Waals surface area contributed by atoms with E-state index in [9.17, 15) is 10.1 Å². The Hall–Kier alpha value is -3.90. The first-order valence-corrected chi connectivity index (χ1v) is 10.7. The number of para-hydroxylation sites is 2. The molecule has 1 heterocycles. The average Bonchev–Trinajstić information content (AvgIpc) is 3.28. The van der Waals surface area contributed by atoms with Crippen LogP contribution in [0.5, 0.6) is 17.2 Å². The Morgan fingerprint density at radius 2 is 1.81 bits per heavy atom. The van der Waals surface area contributed by atoms with Crippen LogP contribution in [-0.2, 0) is 11.2 Å². The van der Waals surface area contributed by atoms with Crippen molar-refractivity contribution in [1.29, 1.82) is 5.26 Å². The quantitative estimate of drug-likeness (QED) is 0.281. The molecule has 0 spiro atoms. The molecule has 0 aliphatic rings. The van der Waals surface area contributed by atoms with Crippen LogP contribution in [0, 0.1) is 11.3 Å². The smallest absolute Gasteiger partial charge is 0.268 e. The zero-order valence-electron chi connectivity index (χ0n) is 17.7. The Kier molecular flexibility index (Phi) is 8.17. The van der Waals surface area contributed by atoms with Crippen molar-refractivity contribution in [2.24, 2.45) is 0 Å². The van der Waals surface area contributed by atoms with Gasteiger partial charge >= 0.3 is 0 Å². The highest BCUT2D eigenvalue weighted by Gasteiger charge is 2.12. The summed E-state index contributed by atoms with van der Waals surface area (Å²) in [7, 11) is 1.59. The minimum absolute atomic E-state index is 0.0304. The van der Waals surface area contributed by atoms with Gasteiger partial charge in [0.2, 0.25) is 5.13 Å². The van der Waals surface area contributed by atoms with E-state index in [1.165, 1.54) is 17.4 Å². The lowest BCUT2D eigenvalue weighted by molar-refractivity contribution is -0.112. The van der Waals surface area contributed by atoms with Gasteiger partial charge in [-0.3, -0.25) is 10.1 Å². The molecule has 0 atom stereocenters. The van der Waals surface area contributed by atoms with Crippen molar-refractivity contribution in [3.63, 3.8) is 0 Å². The normalized spacial score (nSPS) is 10.8. The topological polar surface area (TPSA) is 106 Å². The van der Waals surface area contributed by atoms with Gasteiger partial charge < -0.3 is 14.2 Å². The first-order chi connectivity index (χ1) is 15.6. The van der Waals surface area contributed by atoms with E-state index in [-0.39, 0.29) is 5.57 Å². The number of benzene rings is 2. The average molecular weight is 451 g/mol. The second-order valence-corrected chi connectivity index (χ2v) is 7.46. The number of nitriles is 1. The fourth-order valence-electron chi connectivity index (χ4n) is 2.64. The SMILES string of the molecule is CCc1nnc(NC(=O)C(C#N)=Cc2ccc(OCCOc3ccccc3OC)cc2)s1. The minimum Gasteiger partial charge on any atom is -0.493 e. The maximum Gasteiger partial charge on any atom is 0.268 e. The summed E-state index contributed by atoms with van der Waals surface area (Å²) < 4.78 is 16.6. The summed E-state index contributed by atoms with van der Waals surface area (Å²) in [5.74, 6) is 1.44. The van der Waals surface area contributed by atoms with Crippen LogP contribution in [-0.4, -0.2) is 36.4 Å². The Labute approximate surface area is 190 Å². The van der Waals surface area contributed by atoms with Crippen LogP contribution >= 0.6 is 11.3 Å². The predicted octanol–water partition coefficient (Wildman–Crippen LogP) is 4.11. The number of rotatable bonds is 10. The summed E-state index contributed by atoms with van der Waals surface area (Å²) in [6.07, 6.45) is 2.24. The van der Waals surface area contributed by atoms with E-state index in [1.54, 1.807) is 31.4 Å². The highest BCUT2D eigenvalue weighted by molar-refractivity contribution is 7.15. The van der Waals surface area contributed by atoms with E-state index in [4.69, 9.17) is 14.2 Å². The maximum atomic E-state index is 12.3. The summed E-state index contributed by atoms with van der Waals surface area (Å²) >= 11 is 1.28. The standard InChI is InChI=1S/C23H22N4O4S/c1-3-21-26-27-23(32-21)25-22(28)17(15-24)14-16-8-10-18(11-9-16)30-12-13-31-20-7-5-4-6-19(20)29-2/h4-11,14H,3,12-13H2,1-2H3,(H,25,27,28). The third-order valence-corrected chi connectivity index (χ3v) is 5.21. The van der Waals surface area contributed by atoms with Gasteiger partial charge in [0, 0.05) is 0 Å². The van der Waals surface area contributed by atoms with Crippen molar-refractivity contribution in [3.05, 3.63) is 64.7 Å². The van der Waals surface area contributed by atoms with Crippen LogP contribution in [0.4, 0.5) is 5.13 Å². The van der Waals surface area contributed by atoms with Gasteiger partial charge in [0.1, 0.15) is 35.6 Å². The fourth-order valence-corrected chi connectivity index (χ4v) is 3.31. The van der Waals surface area contributed by atoms with Crippen LogP contribution < -0.4 is 19.5 Å². The van der Waals surface area contributed by atoms with Gasteiger partial charge in [-0.1, -0.05) is 42.5 Å². The lowest BCUT2D eigenvalue weighted by atomic mass is 10.1. The number of anilines is 1. The Balaban J connectivity index is 1.52. The van der Waals surface area contributed by atoms with Gasteiger partial charge in [0.25, 0.3) is 5.91 Å². The molecule has 0 radical (unpaired) electrons. The molecule has 164 valence electrons. The van der Waals surface area contributed by atoms with E-state index >= 15 is 0 Å². The Morgan fingerprint density at radius 1 is 1.09 bits per heavy atom. The number of carbonyl (C=O) groups is 1. The number of amides is 1. The number of hydrogen-bond acceptors (Lipinski definition) is 8. The summed E-state index contributed by atoms with van der Waals surface area (Å²) in [6, 6.07) is 16.4. The molecule has 2 aromatic carbocycles. The molecule has 0 saturated heterocycles. The number of nitrogens with one attached hydrogen (secondary N) is 1. The number of aromatic nitrogens is 2. The number of ether oxygens (including phenoxy) is 3. The largest absolute Gasteiger partial charge is 0.493 e. The van der Waals surface area contributed by atoms with Gasteiger partial charge in [-0.25, -0.2) is 0 Å². The summed E-state index contributed by atoms with van der Waals surface area (Å²) in [5.41, 5.74) is 0.665. The van der Waals surface area contributed by atoms with Crippen molar-refractivity contribution < 1.29 is 19.0 Å². The molecule has 3 rings (SSSR count). The number of methoxy groups -OCH3 is 1. The number of carbonyl (C=O) groups excluding carboxylic acids is 1. The predicted molar refractivity (Wildman–Crippen MR) is 122 cm³/mol. The lowest BCUT2D eigenvalue weighted by Gasteiger charge is -2.11. The number of aryl methyl sites for hydroxylation is 1. The maximum absolute atomic E-state index is 12.3. The Bertz CT molecular complexity index is 1120. The zero-order chi connectivity index (χ0) is 22.8. The molecule has 9 heteroatoms. The molecular formula is C23H22N4O4S. The van der Waals surface area contributed by atoms with Crippen LogP contribution in [0.3, 0.4) is 0 Å². The minimum atomic E-state index is -0.528. The first kappa shape index (κ1) is 22.8. The van der Waals surface area contributed by atoms with Crippen LogP contribution in [0.15, 0.2) is 54.1 Å². The van der Waals surface area contributed by atoms with Crippen LogP contribution in [0.25, 0.3) is 6.08 Å². The Morgan fingerprint density at radius 3 is 2.47 bits per heavy atom. The van der Waals surface area contributed by atoms with E-state index in [2.05, 4.69) is 15.5 Å². The summed E-state index contributed by atoms with van der Waals surface area (Å²) in [5, 5.41) is 21.0. The molecule has 0 unspecified atom stereocenters. The van der Waals surface area contributed by atoms with Crippen molar-refractivity contribution in [2.45, 2.75) is 13.3 Å². The molecule has 0 fully saturated rings. The van der Waals surface area contributed by atoms with Crippen molar-refractivity contribution in [3.8, 4) is 23.3 Å². The molecule has 3 aromatic rings. The molecule has 1 aromatic heterocycles.